The lowest BCUT2D eigenvalue weighted by Gasteiger charge is -2.18. The van der Waals surface area contributed by atoms with Crippen molar-refractivity contribution in [3.63, 3.8) is 0 Å². The van der Waals surface area contributed by atoms with Gasteiger partial charge in [-0.25, -0.2) is 9.18 Å². The summed E-state index contributed by atoms with van der Waals surface area (Å²) >= 11 is 5.64. The molecule has 0 saturated heterocycles. The van der Waals surface area contributed by atoms with Gasteiger partial charge in [-0.2, -0.15) is 0 Å². The van der Waals surface area contributed by atoms with E-state index in [0.29, 0.717) is 17.1 Å². The number of benzene rings is 2. The van der Waals surface area contributed by atoms with E-state index in [0.717, 1.165) is 6.07 Å². The van der Waals surface area contributed by atoms with E-state index in [1.807, 2.05) is 0 Å². The van der Waals surface area contributed by atoms with Crippen LogP contribution in [-0.2, 0) is 9.53 Å². The van der Waals surface area contributed by atoms with Crippen molar-refractivity contribution < 1.29 is 28.2 Å². The number of carbonyl (C=O) groups excluding carboxylic acids is 2. The van der Waals surface area contributed by atoms with E-state index < -0.39 is 30.3 Å². The number of ether oxygens (including phenoxy) is 3. The Morgan fingerprint density at radius 1 is 1.15 bits per heavy atom. The van der Waals surface area contributed by atoms with Crippen molar-refractivity contribution in [2.45, 2.75) is 13.0 Å². The van der Waals surface area contributed by atoms with Crippen LogP contribution >= 0.6 is 11.6 Å². The Labute approximate surface area is 161 Å². The molecule has 0 bridgehead atoms. The van der Waals surface area contributed by atoms with Gasteiger partial charge in [0.25, 0.3) is 5.91 Å². The highest BCUT2D eigenvalue weighted by Crippen LogP contribution is 2.29. The first kappa shape index (κ1) is 20.5. The minimum absolute atomic E-state index is 0.155. The highest BCUT2D eigenvalue weighted by atomic mass is 35.5. The molecule has 2 aromatic rings. The molecule has 27 heavy (non-hydrogen) atoms. The van der Waals surface area contributed by atoms with Gasteiger partial charge in [0.2, 0.25) is 0 Å². The van der Waals surface area contributed by atoms with Crippen LogP contribution in [0.3, 0.4) is 0 Å². The first-order valence-electron chi connectivity index (χ1n) is 7.99. The Morgan fingerprint density at radius 3 is 2.52 bits per heavy atom. The largest absolute Gasteiger partial charge is 0.497 e. The van der Waals surface area contributed by atoms with Crippen LogP contribution in [0.15, 0.2) is 36.4 Å². The lowest BCUT2D eigenvalue weighted by atomic mass is 10.1. The minimum atomic E-state index is -0.953. The molecule has 0 radical (unpaired) electrons. The summed E-state index contributed by atoms with van der Waals surface area (Å²) in [7, 11) is 3.05. The van der Waals surface area contributed by atoms with Gasteiger partial charge in [0.05, 0.1) is 25.8 Å². The topological polar surface area (TPSA) is 73.9 Å². The van der Waals surface area contributed by atoms with Gasteiger partial charge in [-0.3, -0.25) is 4.79 Å². The highest BCUT2D eigenvalue weighted by Gasteiger charge is 2.18. The Bertz CT molecular complexity index is 843. The Balaban J connectivity index is 1.98. The second kappa shape index (κ2) is 9.23. The number of esters is 1. The quantitative estimate of drug-likeness (QED) is 0.726. The average Bonchev–Trinajstić information content (AvgIpc) is 2.65. The molecule has 0 aliphatic rings. The summed E-state index contributed by atoms with van der Waals surface area (Å²) in [5, 5.41) is 2.84. The first-order valence-corrected chi connectivity index (χ1v) is 8.37. The van der Waals surface area contributed by atoms with Crippen molar-refractivity contribution in [1.82, 2.24) is 5.32 Å². The molecule has 2 aromatic carbocycles. The number of methoxy groups -OCH3 is 2. The molecule has 8 heteroatoms. The molecule has 1 amide bonds. The van der Waals surface area contributed by atoms with Crippen LogP contribution in [-0.4, -0.2) is 32.7 Å². The van der Waals surface area contributed by atoms with Gasteiger partial charge in [-0.1, -0.05) is 11.6 Å². The van der Waals surface area contributed by atoms with Crippen molar-refractivity contribution in [2.24, 2.45) is 0 Å². The molecule has 1 N–H and O–H groups in total. The summed E-state index contributed by atoms with van der Waals surface area (Å²) in [6.45, 7) is 1.19. The monoisotopic (exact) mass is 395 g/mol. The molecule has 2 rings (SSSR count). The molecule has 6 nitrogen and oxygen atoms in total. The first-order chi connectivity index (χ1) is 12.8. The van der Waals surface area contributed by atoms with Crippen LogP contribution in [0.25, 0.3) is 0 Å². The van der Waals surface area contributed by atoms with Crippen LogP contribution in [0.5, 0.6) is 11.5 Å². The van der Waals surface area contributed by atoms with Gasteiger partial charge in [0.1, 0.15) is 17.3 Å². The smallest absolute Gasteiger partial charge is 0.341 e. The zero-order chi connectivity index (χ0) is 20.0. The van der Waals surface area contributed by atoms with Crippen LogP contribution in [0.4, 0.5) is 4.39 Å². The highest BCUT2D eigenvalue weighted by molar-refractivity contribution is 6.30. The molecule has 0 fully saturated rings. The number of hydrogen-bond donors (Lipinski definition) is 1. The Hall–Kier alpha value is -2.80. The maximum atomic E-state index is 13.7. The SMILES string of the molecule is COc1ccc(OC)c([C@H](C)NC(=O)COC(=O)c2ccc(Cl)cc2F)c1. The molecule has 0 aliphatic heterocycles. The lowest BCUT2D eigenvalue weighted by Crippen LogP contribution is -2.31. The van der Waals surface area contributed by atoms with Crippen molar-refractivity contribution in [1.29, 1.82) is 0 Å². The molecule has 144 valence electrons. The van der Waals surface area contributed by atoms with E-state index in [1.54, 1.807) is 25.1 Å². The predicted molar refractivity (Wildman–Crippen MR) is 97.8 cm³/mol. The standard InChI is InChI=1S/C19H19ClFNO5/c1-11(15-9-13(25-2)5-7-17(15)26-3)22-18(23)10-27-19(24)14-6-4-12(20)8-16(14)21/h4-9,11H,10H2,1-3H3,(H,22,23)/t11-/m0/s1. The fourth-order valence-corrected chi connectivity index (χ4v) is 2.56. The number of carbonyl (C=O) groups is 2. The molecule has 0 unspecified atom stereocenters. The molecule has 0 saturated carbocycles. The number of nitrogens with one attached hydrogen (secondary N) is 1. The summed E-state index contributed by atoms with van der Waals surface area (Å²) in [6, 6.07) is 8.31. The molecule has 0 aliphatic carbocycles. The Kier molecular flexibility index (Phi) is 7.01. The number of rotatable bonds is 7. The van der Waals surface area contributed by atoms with Crippen molar-refractivity contribution in [3.05, 3.63) is 58.4 Å². The van der Waals surface area contributed by atoms with Crippen molar-refractivity contribution in [3.8, 4) is 11.5 Å². The van der Waals surface area contributed by atoms with Gasteiger partial charge in [-0.05, 0) is 43.3 Å². The zero-order valence-electron chi connectivity index (χ0n) is 15.0. The fraction of sp³-hybridized carbons (Fsp3) is 0.263. The minimum Gasteiger partial charge on any atom is -0.497 e. The molecule has 0 heterocycles. The van der Waals surface area contributed by atoms with Crippen molar-refractivity contribution >= 4 is 23.5 Å². The molecule has 1 atom stereocenters. The second-order valence-corrected chi connectivity index (χ2v) is 6.03. The Morgan fingerprint density at radius 2 is 1.89 bits per heavy atom. The average molecular weight is 396 g/mol. The number of halogens is 2. The van der Waals surface area contributed by atoms with E-state index in [1.165, 1.54) is 26.4 Å². The molecular weight excluding hydrogens is 377 g/mol. The number of hydrogen-bond acceptors (Lipinski definition) is 5. The third kappa shape index (κ3) is 5.34. The van der Waals surface area contributed by atoms with E-state index >= 15 is 0 Å². The molecule has 0 aromatic heterocycles. The maximum Gasteiger partial charge on any atom is 0.341 e. The van der Waals surface area contributed by atoms with Crippen molar-refractivity contribution in [2.75, 3.05) is 20.8 Å². The number of amides is 1. The van der Waals surface area contributed by atoms with Gasteiger partial charge in [0, 0.05) is 10.6 Å². The van der Waals surface area contributed by atoms with Gasteiger partial charge in [-0.15, -0.1) is 0 Å². The third-order valence-electron chi connectivity index (χ3n) is 3.77. The lowest BCUT2D eigenvalue weighted by molar-refractivity contribution is -0.124. The predicted octanol–water partition coefficient (Wildman–Crippen LogP) is 3.53. The fourth-order valence-electron chi connectivity index (χ4n) is 2.40. The summed E-state index contributed by atoms with van der Waals surface area (Å²) in [5.74, 6) is -1.14. The summed E-state index contributed by atoms with van der Waals surface area (Å²) < 4.78 is 29.0. The van der Waals surface area contributed by atoms with Gasteiger partial charge < -0.3 is 19.5 Å². The maximum absolute atomic E-state index is 13.7. The zero-order valence-corrected chi connectivity index (χ0v) is 15.8. The summed E-state index contributed by atoms with van der Waals surface area (Å²) in [5.41, 5.74) is 0.398. The van der Waals surface area contributed by atoms with E-state index in [4.69, 9.17) is 25.8 Å². The van der Waals surface area contributed by atoms with E-state index in [9.17, 15) is 14.0 Å². The molecular formula is C19H19ClFNO5. The van der Waals surface area contributed by atoms with Crippen LogP contribution in [0.1, 0.15) is 28.9 Å². The summed E-state index contributed by atoms with van der Waals surface area (Å²) in [4.78, 5) is 24.0. The second-order valence-electron chi connectivity index (χ2n) is 5.60. The summed E-state index contributed by atoms with van der Waals surface area (Å²) in [6.07, 6.45) is 0. The third-order valence-corrected chi connectivity index (χ3v) is 4.00. The van der Waals surface area contributed by atoms with E-state index in [-0.39, 0.29) is 10.6 Å². The van der Waals surface area contributed by atoms with E-state index in [2.05, 4.69) is 5.32 Å². The molecule has 0 spiro atoms. The van der Waals surface area contributed by atoms with Crippen LogP contribution in [0, 0.1) is 5.82 Å². The van der Waals surface area contributed by atoms with Gasteiger partial charge >= 0.3 is 5.97 Å². The van der Waals surface area contributed by atoms with Crippen LogP contribution < -0.4 is 14.8 Å². The van der Waals surface area contributed by atoms with Gasteiger partial charge in [0.15, 0.2) is 6.61 Å². The van der Waals surface area contributed by atoms with Crippen LogP contribution in [0.2, 0.25) is 5.02 Å². The normalized spacial score (nSPS) is 11.4.